The van der Waals surface area contributed by atoms with Crippen molar-refractivity contribution in [2.75, 3.05) is 6.26 Å². The largest absolute Gasteiger partial charge is 0.294 e. The fourth-order valence-corrected chi connectivity index (χ4v) is 2.63. The average Bonchev–Trinajstić information content (AvgIpc) is 2.89. The van der Waals surface area contributed by atoms with Gasteiger partial charge in [0.25, 0.3) is 0 Å². The van der Waals surface area contributed by atoms with E-state index in [1.807, 2.05) is 30.3 Å². The van der Waals surface area contributed by atoms with Crippen LogP contribution in [0, 0.1) is 0 Å². The van der Waals surface area contributed by atoms with Crippen LogP contribution in [-0.2, 0) is 10.8 Å². The summed E-state index contributed by atoms with van der Waals surface area (Å²) in [4.78, 5) is 15.9. The van der Waals surface area contributed by atoms with Crippen molar-refractivity contribution in [2.45, 2.75) is 12.1 Å². The molecule has 1 unspecified atom stereocenters. The summed E-state index contributed by atoms with van der Waals surface area (Å²) < 4.78 is 13.2. The second-order valence-electron chi connectivity index (χ2n) is 4.65. The standard InChI is InChI=1S/C15H13N3O2S/c1-10(19)12-5-3-4-6-13(12)14-8-7-11-9-16-15(21(2)20)17-18(11)14/h3-9H,1-2H3. The molecule has 106 valence electrons. The second-order valence-corrected chi connectivity index (χ2v) is 5.93. The highest BCUT2D eigenvalue weighted by molar-refractivity contribution is 7.84. The van der Waals surface area contributed by atoms with Gasteiger partial charge in [0.1, 0.15) is 0 Å². The first-order valence-corrected chi connectivity index (χ1v) is 7.92. The predicted molar refractivity (Wildman–Crippen MR) is 80.8 cm³/mol. The van der Waals surface area contributed by atoms with Crippen molar-refractivity contribution in [1.82, 2.24) is 14.6 Å². The molecule has 2 heterocycles. The summed E-state index contributed by atoms with van der Waals surface area (Å²) in [6.45, 7) is 1.54. The Morgan fingerprint density at radius 1 is 1.19 bits per heavy atom. The van der Waals surface area contributed by atoms with Crippen LogP contribution in [0.5, 0.6) is 0 Å². The number of aromatic nitrogens is 3. The lowest BCUT2D eigenvalue weighted by atomic mass is 10.0. The topological polar surface area (TPSA) is 64.3 Å². The number of Topliss-reactive ketones (excluding diaryl/α,β-unsaturated/α-hetero) is 1. The maximum absolute atomic E-state index is 11.8. The maximum atomic E-state index is 11.8. The highest BCUT2D eigenvalue weighted by Gasteiger charge is 2.13. The van der Waals surface area contributed by atoms with Crippen LogP contribution >= 0.6 is 0 Å². The average molecular weight is 299 g/mol. The van der Waals surface area contributed by atoms with Gasteiger partial charge in [-0.3, -0.25) is 9.00 Å². The summed E-state index contributed by atoms with van der Waals surface area (Å²) in [5, 5.41) is 4.57. The van der Waals surface area contributed by atoms with E-state index < -0.39 is 10.8 Å². The number of fused-ring (bicyclic) bond motifs is 1. The minimum Gasteiger partial charge on any atom is -0.294 e. The molecule has 0 bridgehead atoms. The van der Waals surface area contributed by atoms with E-state index in [1.54, 1.807) is 16.8 Å². The molecule has 1 atom stereocenters. The number of nitrogens with zero attached hydrogens (tertiary/aromatic N) is 3. The predicted octanol–water partition coefficient (Wildman–Crippen LogP) is 2.34. The van der Waals surface area contributed by atoms with Gasteiger partial charge in [0.2, 0.25) is 5.16 Å². The molecule has 1 aromatic carbocycles. The fourth-order valence-electron chi connectivity index (χ4n) is 2.24. The first-order valence-electron chi connectivity index (χ1n) is 6.36. The van der Waals surface area contributed by atoms with Crippen molar-refractivity contribution in [1.29, 1.82) is 0 Å². The molecule has 0 radical (unpaired) electrons. The smallest absolute Gasteiger partial charge is 0.237 e. The van der Waals surface area contributed by atoms with Crippen molar-refractivity contribution in [3.63, 3.8) is 0 Å². The molecule has 6 heteroatoms. The molecule has 5 nitrogen and oxygen atoms in total. The van der Waals surface area contributed by atoms with Gasteiger partial charge in [0, 0.05) is 17.4 Å². The third-order valence-corrected chi connectivity index (χ3v) is 3.92. The van der Waals surface area contributed by atoms with Crippen LogP contribution in [0.25, 0.3) is 16.8 Å². The van der Waals surface area contributed by atoms with Crippen LogP contribution < -0.4 is 0 Å². The van der Waals surface area contributed by atoms with Gasteiger partial charge in [-0.25, -0.2) is 9.50 Å². The van der Waals surface area contributed by atoms with Crippen LogP contribution in [0.2, 0.25) is 0 Å². The van der Waals surface area contributed by atoms with Gasteiger partial charge in [0.05, 0.1) is 28.2 Å². The molecule has 0 aliphatic carbocycles. The minimum absolute atomic E-state index is 0.00565. The van der Waals surface area contributed by atoms with Crippen molar-refractivity contribution < 1.29 is 9.00 Å². The lowest BCUT2D eigenvalue weighted by molar-refractivity contribution is 0.101. The van der Waals surface area contributed by atoms with Crippen LogP contribution in [0.1, 0.15) is 17.3 Å². The zero-order valence-corrected chi connectivity index (χ0v) is 12.4. The molecule has 0 fully saturated rings. The molecule has 0 saturated heterocycles. The van der Waals surface area contributed by atoms with E-state index in [1.165, 1.54) is 13.2 Å². The minimum atomic E-state index is -1.26. The molecular weight excluding hydrogens is 286 g/mol. The summed E-state index contributed by atoms with van der Waals surface area (Å²) in [5.74, 6) is -0.00565. The van der Waals surface area contributed by atoms with E-state index in [0.717, 1.165) is 16.8 Å². The van der Waals surface area contributed by atoms with Crippen molar-refractivity contribution in [3.8, 4) is 11.3 Å². The Morgan fingerprint density at radius 3 is 2.67 bits per heavy atom. The number of benzene rings is 1. The molecule has 3 aromatic rings. The third-order valence-electron chi connectivity index (χ3n) is 3.22. The van der Waals surface area contributed by atoms with E-state index >= 15 is 0 Å². The molecule has 0 aliphatic heterocycles. The summed E-state index contributed by atoms with van der Waals surface area (Å²) in [5.41, 5.74) is 3.01. The number of carbonyl (C=O) groups excluding carboxylic acids is 1. The van der Waals surface area contributed by atoms with Crippen molar-refractivity contribution in [2.24, 2.45) is 0 Å². The van der Waals surface area contributed by atoms with Gasteiger partial charge >= 0.3 is 0 Å². The SMILES string of the molecule is CC(=O)c1ccccc1-c1ccc2cnc(S(C)=O)nn12. The van der Waals surface area contributed by atoms with Gasteiger partial charge in [0.15, 0.2) is 5.78 Å². The Morgan fingerprint density at radius 2 is 1.95 bits per heavy atom. The zero-order valence-electron chi connectivity index (χ0n) is 11.6. The molecule has 0 N–H and O–H groups in total. The lowest BCUT2D eigenvalue weighted by Crippen LogP contribution is -2.04. The number of carbonyl (C=O) groups is 1. The van der Waals surface area contributed by atoms with Crippen LogP contribution in [0.3, 0.4) is 0 Å². The Balaban J connectivity index is 2.28. The van der Waals surface area contributed by atoms with Gasteiger partial charge in [-0.05, 0) is 19.1 Å². The van der Waals surface area contributed by atoms with E-state index in [0.29, 0.717) is 5.56 Å². The van der Waals surface area contributed by atoms with E-state index in [2.05, 4.69) is 10.1 Å². The molecule has 21 heavy (non-hydrogen) atoms. The summed E-state index contributed by atoms with van der Waals surface area (Å²) in [7, 11) is -1.26. The molecular formula is C15H13N3O2S. The highest BCUT2D eigenvalue weighted by atomic mass is 32.2. The second kappa shape index (κ2) is 5.21. The van der Waals surface area contributed by atoms with Crippen molar-refractivity contribution >= 4 is 22.1 Å². The van der Waals surface area contributed by atoms with Crippen molar-refractivity contribution in [3.05, 3.63) is 48.2 Å². The monoisotopic (exact) mass is 299 g/mol. The number of ketones is 1. The lowest BCUT2D eigenvalue weighted by Gasteiger charge is -2.07. The molecule has 0 spiro atoms. The third kappa shape index (κ3) is 2.38. The van der Waals surface area contributed by atoms with Gasteiger partial charge in [-0.1, -0.05) is 24.3 Å². The highest BCUT2D eigenvalue weighted by Crippen LogP contribution is 2.25. The Bertz CT molecular complexity index is 870. The Kier molecular flexibility index (Phi) is 3.39. The number of hydrogen-bond acceptors (Lipinski definition) is 4. The van der Waals surface area contributed by atoms with E-state index in [-0.39, 0.29) is 10.9 Å². The van der Waals surface area contributed by atoms with Gasteiger partial charge in [-0.2, -0.15) is 0 Å². The zero-order chi connectivity index (χ0) is 15.0. The molecule has 0 aliphatic rings. The molecule has 2 aromatic heterocycles. The molecule has 0 amide bonds. The van der Waals surface area contributed by atoms with Crippen LogP contribution in [0.4, 0.5) is 0 Å². The summed E-state index contributed by atoms with van der Waals surface area (Å²) in [6.07, 6.45) is 3.16. The van der Waals surface area contributed by atoms with E-state index in [9.17, 15) is 9.00 Å². The van der Waals surface area contributed by atoms with Crippen LogP contribution in [0.15, 0.2) is 47.8 Å². The quantitative estimate of drug-likeness (QED) is 0.696. The Hall–Kier alpha value is -2.34. The summed E-state index contributed by atoms with van der Waals surface area (Å²) >= 11 is 0. The van der Waals surface area contributed by atoms with Gasteiger partial charge in [-0.15, -0.1) is 5.10 Å². The van der Waals surface area contributed by atoms with Crippen LogP contribution in [-0.4, -0.2) is 30.8 Å². The number of hydrogen-bond donors (Lipinski definition) is 0. The summed E-state index contributed by atoms with van der Waals surface area (Å²) in [6, 6.07) is 11.1. The van der Waals surface area contributed by atoms with E-state index in [4.69, 9.17) is 0 Å². The number of rotatable bonds is 3. The fraction of sp³-hybridized carbons (Fsp3) is 0.133. The molecule has 0 saturated carbocycles. The maximum Gasteiger partial charge on any atom is 0.237 e. The molecule has 3 rings (SSSR count). The first kappa shape index (κ1) is 13.6. The Labute approximate surface area is 124 Å². The normalized spacial score (nSPS) is 12.5. The first-order chi connectivity index (χ1) is 10.1. The van der Waals surface area contributed by atoms with Gasteiger partial charge < -0.3 is 0 Å².